The van der Waals surface area contributed by atoms with Gasteiger partial charge in [-0.3, -0.25) is 4.79 Å². The standard InChI is InChI=1S/C27H31Br2ClN4O2/c28-18-1-3-20-23(14-18)32-22-4-2-19(30)15-21(29)26(22)25(20)17-7-11-33(12-8-17)24(35)13-16-5-9-34(10-6-16)27(31)36/h1-3,14-17,25,32H,4-13H2,(H2,31,36)/t25-/m1/s1. The maximum absolute atomic E-state index is 13.1. The maximum Gasteiger partial charge on any atom is 0.314 e. The molecule has 4 aliphatic rings. The number of hydrogen-bond acceptors (Lipinski definition) is 3. The number of hydrogen-bond donors (Lipinski definition) is 2. The molecule has 3 heterocycles. The Labute approximate surface area is 234 Å². The van der Waals surface area contributed by atoms with Crippen LogP contribution < -0.4 is 11.1 Å². The minimum Gasteiger partial charge on any atom is -0.358 e. The van der Waals surface area contributed by atoms with Gasteiger partial charge in [0.2, 0.25) is 5.91 Å². The summed E-state index contributed by atoms with van der Waals surface area (Å²) in [6, 6.07) is 6.13. The first-order valence-electron chi connectivity index (χ1n) is 12.6. The van der Waals surface area contributed by atoms with Crippen LogP contribution in [0, 0.1) is 11.8 Å². The molecule has 2 fully saturated rings. The molecule has 1 aliphatic carbocycles. The van der Waals surface area contributed by atoms with Crippen LogP contribution in [0.15, 0.2) is 55.6 Å². The van der Waals surface area contributed by atoms with Gasteiger partial charge in [0.25, 0.3) is 0 Å². The van der Waals surface area contributed by atoms with Gasteiger partial charge in [-0.2, -0.15) is 0 Å². The Morgan fingerprint density at radius 1 is 1.06 bits per heavy atom. The summed E-state index contributed by atoms with van der Waals surface area (Å²) < 4.78 is 2.08. The third kappa shape index (κ3) is 5.41. The topological polar surface area (TPSA) is 78.7 Å². The lowest BCUT2D eigenvalue weighted by molar-refractivity contribution is -0.134. The number of allylic oxidation sites excluding steroid dienone is 5. The normalized spacial score (nSPS) is 23.2. The number of carbonyl (C=O) groups is 2. The monoisotopic (exact) mass is 636 g/mol. The Hall–Kier alpha value is -1.77. The molecule has 3 amide bonds. The van der Waals surface area contributed by atoms with Gasteiger partial charge in [-0.05, 0) is 66.9 Å². The molecule has 3 N–H and O–H groups in total. The van der Waals surface area contributed by atoms with Crippen LogP contribution >= 0.6 is 43.5 Å². The number of primary amides is 1. The van der Waals surface area contributed by atoms with Crippen molar-refractivity contribution < 1.29 is 9.59 Å². The number of benzene rings is 1. The predicted molar refractivity (Wildman–Crippen MR) is 151 cm³/mol. The Bertz CT molecular complexity index is 1150. The fourth-order valence-electron chi connectivity index (χ4n) is 6.10. The number of anilines is 1. The average Bonchev–Trinajstić information content (AvgIpc) is 3.00. The summed E-state index contributed by atoms with van der Waals surface area (Å²) in [5, 5.41) is 4.40. The van der Waals surface area contributed by atoms with Crippen molar-refractivity contribution in [3.05, 3.63) is 61.2 Å². The van der Waals surface area contributed by atoms with Gasteiger partial charge >= 0.3 is 6.03 Å². The summed E-state index contributed by atoms with van der Waals surface area (Å²) in [6.45, 7) is 2.86. The van der Waals surface area contributed by atoms with Crippen LogP contribution in [0.2, 0.25) is 0 Å². The number of likely N-dealkylation sites (tertiary alicyclic amines) is 2. The lowest BCUT2D eigenvalue weighted by Gasteiger charge is -2.41. The van der Waals surface area contributed by atoms with E-state index in [1.54, 1.807) is 4.90 Å². The van der Waals surface area contributed by atoms with Crippen LogP contribution in [0.3, 0.4) is 0 Å². The fourth-order valence-corrected chi connectivity index (χ4v) is 7.51. The molecule has 1 atom stereocenters. The van der Waals surface area contributed by atoms with Gasteiger partial charge in [-0.25, -0.2) is 4.79 Å². The number of amides is 3. The van der Waals surface area contributed by atoms with Gasteiger partial charge in [0.15, 0.2) is 0 Å². The number of piperidine rings is 2. The lowest BCUT2D eigenvalue weighted by Crippen LogP contribution is -2.44. The Morgan fingerprint density at radius 2 is 1.75 bits per heavy atom. The maximum atomic E-state index is 13.1. The molecule has 9 heteroatoms. The molecule has 0 radical (unpaired) electrons. The molecule has 0 spiro atoms. The zero-order chi connectivity index (χ0) is 25.4. The molecule has 2 saturated heterocycles. The first-order valence-corrected chi connectivity index (χ1v) is 14.6. The highest BCUT2D eigenvalue weighted by atomic mass is 79.9. The molecule has 1 aromatic rings. The number of carbonyl (C=O) groups excluding carboxylic acids is 2. The molecule has 6 nitrogen and oxygen atoms in total. The average molecular weight is 639 g/mol. The Kier molecular flexibility index (Phi) is 7.84. The summed E-state index contributed by atoms with van der Waals surface area (Å²) in [7, 11) is 0. The van der Waals surface area contributed by atoms with Gasteiger partial charge in [0, 0.05) is 70.3 Å². The van der Waals surface area contributed by atoms with Crippen LogP contribution in [0.1, 0.15) is 50.0 Å². The van der Waals surface area contributed by atoms with Crippen molar-refractivity contribution in [3.8, 4) is 0 Å². The number of nitrogens with one attached hydrogen (secondary N) is 1. The lowest BCUT2D eigenvalue weighted by atomic mass is 9.73. The number of nitrogens with zero attached hydrogens (tertiary/aromatic N) is 2. The van der Waals surface area contributed by atoms with E-state index < -0.39 is 0 Å². The third-order valence-electron chi connectivity index (χ3n) is 8.05. The second-order valence-electron chi connectivity index (χ2n) is 10.2. The Morgan fingerprint density at radius 3 is 2.44 bits per heavy atom. The minimum atomic E-state index is -0.361. The molecular weight excluding hydrogens is 608 g/mol. The summed E-state index contributed by atoms with van der Waals surface area (Å²) in [4.78, 5) is 28.2. The van der Waals surface area contributed by atoms with Gasteiger partial charge in [0.1, 0.15) is 0 Å². The molecule has 0 saturated carbocycles. The third-order valence-corrected chi connectivity index (χ3v) is 9.46. The van der Waals surface area contributed by atoms with Gasteiger partial charge < -0.3 is 20.9 Å². The Balaban J connectivity index is 1.29. The van der Waals surface area contributed by atoms with Crippen LogP contribution in [0.5, 0.6) is 0 Å². The van der Waals surface area contributed by atoms with Crippen LogP contribution in [0.25, 0.3) is 0 Å². The number of rotatable bonds is 3. The van der Waals surface area contributed by atoms with E-state index in [1.807, 2.05) is 17.1 Å². The van der Waals surface area contributed by atoms with Crippen molar-refractivity contribution in [1.82, 2.24) is 9.80 Å². The second kappa shape index (κ2) is 10.9. The highest BCUT2D eigenvalue weighted by Gasteiger charge is 2.38. The van der Waals surface area contributed by atoms with Crippen molar-refractivity contribution in [2.45, 2.75) is 44.4 Å². The summed E-state index contributed by atoms with van der Waals surface area (Å²) in [6.07, 6.45) is 9.00. The van der Waals surface area contributed by atoms with Crippen LogP contribution in [-0.2, 0) is 4.79 Å². The van der Waals surface area contributed by atoms with Crippen LogP contribution in [0.4, 0.5) is 10.5 Å². The van der Waals surface area contributed by atoms with Crippen molar-refractivity contribution in [2.24, 2.45) is 17.6 Å². The van der Waals surface area contributed by atoms with Crippen molar-refractivity contribution in [3.63, 3.8) is 0 Å². The van der Waals surface area contributed by atoms with Crippen LogP contribution in [-0.4, -0.2) is 47.9 Å². The molecule has 1 aromatic carbocycles. The minimum absolute atomic E-state index is 0.237. The molecule has 0 bridgehead atoms. The summed E-state index contributed by atoms with van der Waals surface area (Å²) >= 11 is 13.9. The first kappa shape index (κ1) is 25.9. The van der Waals surface area contributed by atoms with E-state index in [4.69, 9.17) is 17.3 Å². The molecule has 5 rings (SSSR count). The zero-order valence-corrected chi connectivity index (χ0v) is 24.0. The largest absolute Gasteiger partial charge is 0.358 e. The van der Waals surface area contributed by atoms with Crippen molar-refractivity contribution in [2.75, 3.05) is 31.5 Å². The van der Waals surface area contributed by atoms with E-state index in [0.29, 0.717) is 31.3 Å². The zero-order valence-electron chi connectivity index (χ0n) is 20.1. The summed E-state index contributed by atoms with van der Waals surface area (Å²) in [5.41, 5.74) is 10.3. The van der Waals surface area contributed by atoms with E-state index in [1.165, 1.54) is 16.8 Å². The molecule has 0 unspecified atom stereocenters. The molecule has 3 aliphatic heterocycles. The van der Waals surface area contributed by atoms with Crippen molar-refractivity contribution in [1.29, 1.82) is 0 Å². The molecule has 36 heavy (non-hydrogen) atoms. The van der Waals surface area contributed by atoms with Gasteiger partial charge in [-0.1, -0.05) is 55.6 Å². The molecule has 192 valence electrons. The first-order chi connectivity index (χ1) is 17.3. The number of nitrogens with two attached hydrogens (primary N) is 1. The van der Waals surface area contributed by atoms with Crippen molar-refractivity contribution >= 4 is 61.1 Å². The van der Waals surface area contributed by atoms with Gasteiger partial charge in [0.05, 0.1) is 0 Å². The molecule has 0 aromatic heterocycles. The van der Waals surface area contributed by atoms with E-state index in [0.717, 1.165) is 64.9 Å². The SMILES string of the molecule is NC(=O)N1CCC(CC(=O)N2CCC([C@H]3C4=C(CC=C(Cl)C=C4Br)Nc4cc(Br)ccc43)CC2)CC1. The number of halogens is 3. The smallest absolute Gasteiger partial charge is 0.314 e. The van der Waals surface area contributed by atoms with Gasteiger partial charge in [-0.15, -0.1) is 0 Å². The second-order valence-corrected chi connectivity index (χ2v) is 12.4. The molecular formula is C27H31Br2ClN4O2. The highest BCUT2D eigenvalue weighted by molar-refractivity contribution is 9.12. The number of fused-ring (bicyclic) bond motifs is 1. The van der Waals surface area contributed by atoms with E-state index in [2.05, 4.69) is 55.4 Å². The quantitative estimate of drug-likeness (QED) is 0.400. The fraction of sp³-hybridized carbons (Fsp3) is 0.481. The highest BCUT2D eigenvalue weighted by Crippen LogP contribution is 2.51. The van der Waals surface area contributed by atoms with E-state index in [9.17, 15) is 9.59 Å². The predicted octanol–water partition coefficient (Wildman–Crippen LogP) is 6.44. The van der Waals surface area contributed by atoms with E-state index in [-0.39, 0.29) is 17.9 Å². The number of urea groups is 1. The van der Waals surface area contributed by atoms with E-state index >= 15 is 0 Å². The summed E-state index contributed by atoms with van der Waals surface area (Å²) in [5.74, 6) is 1.24.